The van der Waals surface area contributed by atoms with Crippen molar-refractivity contribution in [3.63, 3.8) is 0 Å². The van der Waals surface area contributed by atoms with Crippen LogP contribution in [0.15, 0.2) is 48.7 Å². The molecular weight excluding hydrogens is 338 g/mol. The first-order valence-electron chi connectivity index (χ1n) is 9.37. The number of nitrogens with one attached hydrogen (secondary N) is 1. The van der Waals surface area contributed by atoms with E-state index in [0.29, 0.717) is 11.9 Å². The van der Waals surface area contributed by atoms with Crippen LogP contribution in [-0.2, 0) is 4.79 Å². The fourth-order valence-electron chi connectivity index (χ4n) is 3.55. The third kappa shape index (κ3) is 4.05. The highest BCUT2D eigenvalue weighted by Gasteiger charge is 2.20. The van der Waals surface area contributed by atoms with Gasteiger partial charge in [0.25, 0.3) is 0 Å². The Bertz CT molecular complexity index is 950. The van der Waals surface area contributed by atoms with E-state index in [1.807, 2.05) is 17.0 Å². The van der Waals surface area contributed by atoms with Gasteiger partial charge in [-0.1, -0.05) is 36.4 Å². The van der Waals surface area contributed by atoms with Gasteiger partial charge in [0.2, 0.25) is 11.9 Å². The number of hydrogen-bond donors (Lipinski definition) is 1. The molecule has 2 heterocycles. The number of hydrogen-bond acceptors (Lipinski definition) is 5. The molecule has 1 aliphatic heterocycles. The normalized spacial score (nSPS) is 15.1. The van der Waals surface area contributed by atoms with Crippen LogP contribution >= 0.6 is 0 Å². The zero-order chi connectivity index (χ0) is 18.6. The molecule has 0 spiro atoms. The summed E-state index contributed by atoms with van der Waals surface area (Å²) in [6.07, 6.45) is 3.70. The van der Waals surface area contributed by atoms with E-state index in [1.54, 1.807) is 13.1 Å². The van der Waals surface area contributed by atoms with E-state index in [1.165, 1.54) is 10.8 Å². The van der Waals surface area contributed by atoms with Crippen LogP contribution in [0.4, 0.5) is 5.95 Å². The van der Waals surface area contributed by atoms with Crippen LogP contribution in [0.1, 0.15) is 19.8 Å². The molecule has 1 saturated heterocycles. The average molecular weight is 361 g/mol. The Balaban J connectivity index is 1.42. The Morgan fingerprint density at radius 2 is 1.93 bits per heavy atom. The molecule has 1 amide bonds. The van der Waals surface area contributed by atoms with Crippen LogP contribution in [0.5, 0.6) is 0 Å². The fourth-order valence-corrected chi connectivity index (χ4v) is 3.55. The van der Waals surface area contributed by atoms with Crippen LogP contribution < -0.4 is 5.32 Å². The molecule has 1 N–H and O–H groups in total. The van der Waals surface area contributed by atoms with Crippen LogP contribution in [0.25, 0.3) is 22.0 Å². The number of amides is 1. The lowest BCUT2D eigenvalue weighted by molar-refractivity contribution is -0.130. The van der Waals surface area contributed by atoms with E-state index in [-0.39, 0.29) is 5.91 Å². The van der Waals surface area contributed by atoms with Gasteiger partial charge in [-0.05, 0) is 35.6 Å². The van der Waals surface area contributed by atoms with E-state index in [0.717, 1.165) is 43.7 Å². The van der Waals surface area contributed by atoms with Gasteiger partial charge in [0.05, 0.1) is 11.9 Å². The van der Waals surface area contributed by atoms with E-state index in [9.17, 15) is 4.79 Å². The lowest BCUT2D eigenvalue weighted by atomic mass is 9.97. The number of anilines is 1. The summed E-state index contributed by atoms with van der Waals surface area (Å²) in [6, 6.07) is 14.6. The molecule has 138 valence electrons. The van der Waals surface area contributed by atoms with Crippen LogP contribution in [0, 0.1) is 5.92 Å². The summed E-state index contributed by atoms with van der Waals surface area (Å²) in [5.74, 6) is 1.24. The van der Waals surface area contributed by atoms with Gasteiger partial charge in [-0.25, -0.2) is 4.98 Å². The monoisotopic (exact) mass is 361 g/mol. The van der Waals surface area contributed by atoms with Gasteiger partial charge < -0.3 is 10.2 Å². The van der Waals surface area contributed by atoms with E-state index in [4.69, 9.17) is 0 Å². The number of aromatic nitrogens is 3. The Labute approximate surface area is 158 Å². The molecule has 0 unspecified atom stereocenters. The first-order chi connectivity index (χ1) is 13.2. The summed E-state index contributed by atoms with van der Waals surface area (Å²) in [5, 5.41) is 13.9. The second-order valence-corrected chi connectivity index (χ2v) is 7.06. The Hall–Kier alpha value is -3.02. The number of rotatable bonds is 4. The summed E-state index contributed by atoms with van der Waals surface area (Å²) in [7, 11) is 0. The standard InChI is InChI=1S/C21H23N5O/c1-15(27)26-10-8-16(9-11-26)13-22-21-24-20(14-23-25-21)19-7-6-17-4-2-3-5-18(17)12-19/h2-7,12,14,16H,8-11,13H2,1H3,(H,22,24,25). The highest BCUT2D eigenvalue weighted by atomic mass is 16.2. The molecule has 3 aromatic rings. The molecule has 27 heavy (non-hydrogen) atoms. The molecule has 0 aliphatic carbocycles. The molecule has 2 aromatic carbocycles. The van der Waals surface area contributed by atoms with E-state index < -0.39 is 0 Å². The molecule has 1 fully saturated rings. The number of likely N-dealkylation sites (tertiary alicyclic amines) is 1. The topological polar surface area (TPSA) is 71.0 Å². The van der Waals surface area contributed by atoms with Gasteiger partial charge in [-0.2, -0.15) is 5.10 Å². The molecule has 0 saturated carbocycles. The number of piperidine rings is 1. The van der Waals surface area contributed by atoms with Crippen molar-refractivity contribution in [2.45, 2.75) is 19.8 Å². The second kappa shape index (κ2) is 7.70. The van der Waals surface area contributed by atoms with Gasteiger partial charge in [0.15, 0.2) is 0 Å². The lowest BCUT2D eigenvalue weighted by Gasteiger charge is -2.31. The van der Waals surface area contributed by atoms with Gasteiger partial charge in [0, 0.05) is 32.1 Å². The van der Waals surface area contributed by atoms with Crippen molar-refractivity contribution in [2.24, 2.45) is 5.92 Å². The summed E-state index contributed by atoms with van der Waals surface area (Å²) in [4.78, 5) is 18.0. The molecule has 0 atom stereocenters. The molecule has 0 bridgehead atoms. The van der Waals surface area contributed by atoms with Crippen molar-refractivity contribution < 1.29 is 4.79 Å². The second-order valence-electron chi connectivity index (χ2n) is 7.06. The van der Waals surface area contributed by atoms with E-state index >= 15 is 0 Å². The molecule has 6 heteroatoms. The van der Waals surface area contributed by atoms with Gasteiger partial charge in [-0.3, -0.25) is 4.79 Å². The zero-order valence-electron chi connectivity index (χ0n) is 15.4. The number of carbonyl (C=O) groups is 1. The van der Waals surface area contributed by atoms with Crippen molar-refractivity contribution in [2.75, 3.05) is 25.0 Å². The van der Waals surface area contributed by atoms with Crippen LogP contribution in [-0.4, -0.2) is 45.6 Å². The van der Waals surface area contributed by atoms with Crippen molar-refractivity contribution in [1.82, 2.24) is 20.1 Å². The predicted octanol–water partition coefficient (Wildman–Crippen LogP) is 3.36. The Kier molecular flexibility index (Phi) is 4.96. The van der Waals surface area contributed by atoms with Gasteiger partial charge in [0.1, 0.15) is 0 Å². The summed E-state index contributed by atoms with van der Waals surface area (Å²) in [5.41, 5.74) is 1.84. The minimum Gasteiger partial charge on any atom is -0.353 e. The van der Waals surface area contributed by atoms with Crippen molar-refractivity contribution in [3.05, 3.63) is 48.7 Å². The largest absolute Gasteiger partial charge is 0.353 e. The maximum atomic E-state index is 11.4. The number of nitrogens with zero attached hydrogens (tertiary/aromatic N) is 4. The van der Waals surface area contributed by atoms with Crippen molar-refractivity contribution in [3.8, 4) is 11.3 Å². The summed E-state index contributed by atoms with van der Waals surface area (Å²) >= 11 is 0. The SMILES string of the molecule is CC(=O)N1CCC(CNc2nncc(-c3ccc4ccccc4c3)n2)CC1. The fraction of sp³-hybridized carbons (Fsp3) is 0.333. The molecule has 4 rings (SSSR count). The third-order valence-corrected chi connectivity index (χ3v) is 5.21. The maximum Gasteiger partial charge on any atom is 0.243 e. The summed E-state index contributed by atoms with van der Waals surface area (Å²) < 4.78 is 0. The smallest absolute Gasteiger partial charge is 0.243 e. The molecule has 0 radical (unpaired) electrons. The minimum absolute atomic E-state index is 0.164. The van der Waals surface area contributed by atoms with Crippen molar-refractivity contribution in [1.29, 1.82) is 0 Å². The predicted molar refractivity (Wildman–Crippen MR) is 106 cm³/mol. The highest BCUT2D eigenvalue weighted by molar-refractivity contribution is 5.86. The zero-order valence-corrected chi connectivity index (χ0v) is 15.4. The van der Waals surface area contributed by atoms with E-state index in [2.05, 4.69) is 50.8 Å². The Morgan fingerprint density at radius 3 is 2.70 bits per heavy atom. The molecule has 1 aromatic heterocycles. The number of fused-ring (bicyclic) bond motifs is 1. The Morgan fingerprint density at radius 1 is 1.15 bits per heavy atom. The van der Waals surface area contributed by atoms with Crippen LogP contribution in [0.3, 0.4) is 0 Å². The van der Waals surface area contributed by atoms with Gasteiger partial charge in [-0.15, -0.1) is 5.10 Å². The third-order valence-electron chi connectivity index (χ3n) is 5.21. The molecular formula is C21H23N5O. The minimum atomic E-state index is 0.164. The number of carbonyl (C=O) groups excluding carboxylic acids is 1. The average Bonchev–Trinajstić information content (AvgIpc) is 2.72. The molecule has 6 nitrogen and oxygen atoms in total. The summed E-state index contributed by atoms with van der Waals surface area (Å²) in [6.45, 7) is 4.10. The van der Waals surface area contributed by atoms with Crippen molar-refractivity contribution >= 4 is 22.6 Å². The highest BCUT2D eigenvalue weighted by Crippen LogP contribution is 2.23. The van der Waals surface area contributed by atoms with Crippen LogP contribution in [0.2, 0.25) is 0 Å². The molecule has 1 aliphatic rings. The van der Waals surface area contributed by atoms with Gasteiger partial charge >= 0.3 is 0 Å². The first-order valence-corrected chi connectivity index (χ1v) is 9.37. The lowest BCUT2D eigenvalue weighted by Crippen LogP contribution is -2.38. The quantitative estimate of drug-likeness (QED) is 0.771. The first kappa shape index (κ1) is 17.4. The number of benzene rings is 2. The maximum absolute atomic E-state index is 11.4.